The first-order valence-electron chi connectivity index (χ1n) is 5.54. The van der Waals surface area contributed by atoms with Crippen LogP contribution in [0.5, 0.6) is 0 Å². The molecule has 1 N–H and O–H groups in total. The van der Waals surface area contributed by atoms with Gasteiger partial charge in [-0.25, -0.2) is 0 Å². The zero-order valence-electron chi connectivity index (χ0n) is 9.59. The van der Waals surface area contributed by atoms with E-state index in [1.165, 1.54) is 11.1 Å². The predicted molar refractivity (Wildman–Crippen MR) is 81.1 cm³/mol. The van der Waals surface area contributed by atoms with Gasteiger partial charge in [-0.05, 0) is 35.4 Å². The molecule has 0 saturated heterocycles. The van der Waals surface area contributed by atoms with E-state index in [0.29, 0.717) is 0 Å². The Morgan fingerprint density at radius 2 is 1.56 bits per heavy atom. The second-order valence-corrected chi connectivity index (χ2v) is 5.69. The van der Waals surface area contributed by atoms with Gasteiger partial charge in [0.05, 0.1) is 0 Å². The second kappa shape index (κ2) is 6.58. The van der Waals surface area contributed by atoms with Gasteiger partial charge in [-0.2, -0.15) is 0 Å². The van der Waals surface area contributed by atoms with Gasteiger partial charge in [-0.1, -0.05) is 57.3 Å². The Labute approximate surface area is 125 Å². The molecule has 0 fully saturated rings. The summed E-state index contributed by atoms with van der Waals surface area (Å²) in [4.78, 5) is 0. The SMILES string of the molecule is Clc1ccc(CNCc2ccc(Cl)cc2Br)cc1. The van der Waals surface area contributed by atoms with Gasteiger partial charge in [0, 0.05) is 27.6 Å². The highest BCUT2D eigenvalue weighted by Crippen LogP contribution is 2.21. The molecular formula is C14H12BrCl2N. The van der Waals surface area contributed by atoms with E-state index in [4.69, 9.17) is 23.2 Å². The summed E-state index contributed by atoms with van der Waals surface area (Å²) in [6.07, 6.45) is 0. The zero-order chi connectivity index (χ0) is 13.0. The number of halogens is 3. The second-order valence-electron chi connectivity index (χ2n) is 3.97. The molecule has 0 radical (unpaired) electrons. The van der Waals surface area contributed by atoms with Crippen LogP contribution >= 0.6 is 39.1 Å². The van der Waals surface area contributed by atoms with Crippen LogP contribution in [0.15, 0.2) is 46.9 Å². The van der Waals surface area contributed by atoms with Crippen LogP contribution in [-0.2, 0) is 13.1 Å². The smallest absolute Gasteiger partial charge is 0.0417 e. The topological polar surface area (TPSA) is 12.0 Å². The Kier molecular flexibility index (Phi) is 5.07. The number of rotatable bonds is 4. The fourth-order valence-electron chi connectivity index (χ4n) is 1.61. The summed E-state index contributed by atoms with van der Waals surface area (Å²) in [5.74, 6) is 0. The van der Waals surface area contributed by atoms with E-state index < -0.39 is 0 Å². The van der Waals surface area contributed by atoms with E-state index in [-0.39, 0.29) is 0 Å². The van der Waals surface area contributed by atoms with Crippen molar-refractivity contribution in [2.45, 2.75) is 13.1 Å². The lowest BCUT2D eigenvalue weighted by Crippen LogP contribution is -2.12. The Hall–Kier alpha value is -0.540. The summed E-state index contributed by atoms with van der Waals surface area (Å²) in [7, 11) is 0. The van der Waals surface area contributed by atoms with Crippen molar-refractivity contribution in [1.82, 2.24) is 5.32 Å². The summed E-state index contributed by atoms with van der Waals surface area (Å²) < 4.78 is 1.03. The minimum Gasteiger partial charge on any atom is -0.309 e. The first-order valence-corrected chi connectivity index (χ1v) is 7.09. The normalized spacial score (nSPS) is 10.6. The van der Waals surface area contributed by atoms with E-state index in [1.54, 1.807) is 0 Å². The standard InChI is InChI=1S/C14H12BrCl2N/c15-14-7-13(17)6-3-11(14)9-18-8-10-1-4-12(16)5-2-10/h1-7,18H,8-9H2. The highest BCUT2D eigenvalue weighted by molar-refractivity contribution is 9.10. The van der Waals surface area contributed by atoms with Crippen molar-refractivity contribution in [2.24, 2.45) is 0 Å². The minimum atomic E-state index is 0.739. The lowest BCUT2D eigenvalue weighted by Gasteiger charge is -2.07. The first-order chi connectivity index (χ1) is 8.65. The maximum absolute atomic E-state index is 5.90. The summed E-state index contributed by atoms with van der Waals surface area (Å²) in [5.41, 5.74) is 2.40. The van der Waals surface area contributed by atoms with Crippen LogP contribution in [0.25, 0.3) is 0 Å². The molecule has 2 aromatic carbocycles. The summed E-state index contributed by atoms with van der Waals surface area (Å²) in [6.45, 7) is 1.60. The van der Waals surface area contributed by atoms with Crippen molar-refractivity contribution >= 4 is 39.1 Å². The highest BCUT2D eigenvalue weighted by atomic mass is 79.9. The van der Waals surface area contributed by atoms with E-state index in [2.05, 4.69) is 21.2 Å². The monoisotopic (exact) mass is 343 g/mol. The van der Waals surface area contributed by atoms with Crippen molar-refractivity contribution in [1.29, 1.82) is 0 Å². The molecule has 0 spiro atoms. The number of nitrogens with one attached hydrogen (secondary N) is 1. The maximum atomic E-state index is 5.90. The van der Waals surface area contributed by atoms with E-state index >= 15 is 0 Å². The third kappa shape index (κ3) is 3.99. The van der Waals surface area contributed by atoms with Crippen LogP contribution < -0.4 is 5.32 Å². The van der Waals surface area contributed by atoms with Crippen LogP contribution in [0, 0.1) is 0 Å². The van der Waals surface area contributed by atoms with Gasteiger partial charge in [0.1, 0.15) is 0 Å². The van der Waals surface area contributed by atoms with Gasteiger partial charge in [0.15, 0.2) is 0 Å². The van der Waals surface area contributed by atoms with Crippen molar-refractivity contribution in [3.05, 3.63) is 68.1 Å². The molecule has 2 rings (SSSR count). The van der Waals surface area contributed by atoms with Crippen LogP contribution in [0.4, 0.5) is 0 Å². The van der Waals surface area contributed by atoms with Gasteiger partial charge in [0.25, 0.3) is 0 Å². The van der Waals surface area contributed by atoms with Gasteiger partial charge in [-0.15, -0.1) is 0 Å². The maximum Gasteiger partial charge on any atom is 0.0417 e. The molecule has 0 aliphatic heterocycles. The molecule has 0 saturated carbocycles. The number of hydrogen-bond acceptors (Lipinski definition) is 1. The Balaban J connectivity index is 1.90. The zero-order valence-corrected chi connectivity index (χ0v) is 12.7. The molecule has 0 aliphatic rings. The van der Waals surface area contributed by atoms with E-state index in [1.807, 2.05) is 42.5 Å². The minimum absolute atomic E-state index is 0.739. The third-order valence-corrected chi connectivity index (χ3v) is 3.80. The molecule has 0 atom stereocenters. The average molecular weight is 345 g/mol. The van der Waals surface area contributed by atoms with E-state index in [0.717, 1.165) is 27.6 Å². The molecular weight excluding hydrogens is 333 g/mol. The predicted octanol–water partition coefficient (Wildman–Crippen LogP) is 5.05. The molecule has 0 amide bonds. The lowest BCUT2D eigenvalue weighted by molar-refractivity contribution is 0.691. The molecule has 18 heavy (non-hydrogen) atoms. The molecule has 2 aromatic rings. The van der Waals surface area contributed by atoms with Crippen LogP contribution in [0.3, 0.4) is 0 Å². The van der Waals surface area contributed by atoms with Crippen molar-refractivity contribution in [3.8, 4) is 0 Å². The van der Waals surface area contributed by atoms with Crippen molar-refractivity contribution in [3.63, 3.8) is 0 Å². The Morgan fingerprint density at radius 1 is 0.889 bits per heavy atom. The van der Waals surface area contributed by atoms with Gasteiger partial charge < -0.3 is 5.32 Å². The molecule has 0 aromatic heterocycles. The number of benzene rings is 2. The van der Waals surface area contributed by atoms with Gasteiger partial charge >= 0.3 is 0 Å². The largest absolute Gasteiger partial charge is 0.309 e. The van der Waals surface area contributed by atoms with E-state index in [9.17, 15) is 0 Å². The van der Waals surface area contributed by atoms with Crippen LogP contribution in [-0.4, -0.2) is 0 Å². The summed E-state index contributed by atoms with van der Waals surface area (Å²) in [6, 6.07) is 13.7. The third-order valence-electron chi connectivity index (χ3n) is 2.57. The summed E-state index contributed by atoms with van der Waals surface area (Å²) in [5, 5.41) is 4.88. The van der Waals surface area contributed by atoms with Gasteiger partial charge in [0.2, 0.25) is 0 Å². The number of hydrogen-bond donors (Lipinski definition) is 1. The fraction of sp³-hybridized carbons (Fsp3) is 0.143. The van der Waals surface area contributed by atoms with Crippen molar-refractivity contribution in [2.75, 3.05) is 0 Å². The molecule has 0 heterocycles. The molecule has 0 bridgehead atoms. The van der Waals surface area contributed by atoms with Crippen molar-refractivity contribution < 1.29 is 0 Å². The van der Waals surface area contributed by atoms with Crippen LogP contribution in [0.2, 0.25) is 10.0 Å². The molecule has 0 aliphatic carbocycles. The quantitative estimate of drug-likeness (QED) is 0.818. The molecule has 4 heteroatoms. The summed E-state index contributed by atoms with van der Waals surface area (Å²) >= 11 is 15.2. The lowest BCUT2D eigenvalue weighted by atomic mass is 10.2. The van der Waals surface area contributed by atoms with Crippen LogP contribution in [0.1, 0.15) is 11.1 Å². The molecule has 94 valence electrons. The van der Waals surface area contributed by atoms with Gasteiger partial charge in [-0.3, -0.25) is 0 Å². The highest BCUT2D eigenvalue weighted by Gasteiger charge is 2.00. The fourth-order valence-corrected chi connectivity index (χ4v) is 2.56. The first kappa shape index (κ1) is 13.9. The average Bonchev–Trinajstić information content (AvgIpc) is 2.34. The molecule has 1 nitrogen and oxygen atoms in total. The molecule has 0 unspecified atom stereocenters. The Bertz CT molecular complexity index is 526. The Morgan fingerprint density at radius 3 is 2.22 bits per heavy atom.